The molecule has 0 aliphatic carbocycles. The van der Waals surface area contributed by atoms with Gasteiger partial charge in [0.25, 0.3) is 0 Å². The van der Waals surface area contributed by atoms with Crippen molar-refractivity contribution in [1.29, 1.82) is 0 Å². The molecule has 2 aliphatic heterocycles. The number of benzene rings is 4. The van der Waals surface area contributed by atoms with Crippen LogP contribution in [0.1, 0.15) is 96.7 Å². The van der Waals surface area contributed by atoms with Crippen LogP contribution in [0.3, 0.4) is 0 Å². The van der Waals surface area contributed by atoms with Crippen molar-refractivity contribution in [3.05, 3.63) is 136 Å². The molecular weight excluding hydrogens is 890 g/mol. The first-order chi connectivity index (χ1) is 32.5. The maximum Gasteiger partial charge on any atom is 0.230 e. The Morgan fingerprint density at radius 3 is 1.60 bits per heavy atom. The molecule has 18 heteroatoms. The van der Waals surface area contributed by atoms with Gasteiger partial charge in [0.2, 0.25) is 17.7 Å². The standard InChI is InChI=1S/C49H52ClN11O5S/c1-6-51-43(62)26-39-48-58-56-29(2)60(48)42-21-17-35(66-5)25-38(42)47(54-39)32-12-18-36(19-13-32)67-28-45(64)53-23-9-7-8-22-52-44(63)27-40-49-59-57-30(3)61(49)41-20-16-34(65-4)24-37(41)46(55-40)31-10-14-33(50)15-11-31/h10-21,24-25,39-40H,6-9,22-23,26-28H2,1-5H3,(H,51,62)(H,52,63)(H,53,64). The average Bonchev–Trinajstić information content (AvgIpc) is 3.84. The van der Waals surface area contributed by atoms with E-state index in [0.717, 1.165) is 57.8 Å². The molecule has 2 unspecified atom stereocenters. The zero-order chi connectivity index (χ0) is 47.0. The van der Waals surface area contributed by atoms with Gasteiger partial charge in [-0.15, -0.1) is 32.2 Å². The third-order valence-electron chi connectivity index (χ3n) is 11.5. The number of hydrogen-bond donors (Lipinski definition) is 3. The highest BCUT2D eigenvalue weighted by molar-refractivity contribution is 8.00. The molecule has 0 fully saturated rings. The summed E-state index contributed by atoms with van der Waals surface area (Å²) in [6.45, 7) is 7.18. The van der Waals surface area contributed by atoms with E-state index in [1.807, 2.05) is 115 Å². The van der Waals surface area contributed by atoms with E-state index >= 15 is 0 Å². The third kappa shape index (κ3) is 10.6. The SMILES string of the molecule is CCNC(=O)CC1N=C(c2ccc(SCC(=O)NCCCCCNC(=O)CC3N=C(c4ccc(Cl)cc4)c4cc(OC)ccc4-n4c(C)nnc43)cc2)c2cc(OC)ccc2-n2c(C)nnc21. The summed E-state index contributed by atoms with van der Waals surface area (Å²) in [6, 6.07) is 25.8. The summed E-state index contributed by atoms with van der Waals surface area (Å²) < 4.78 is 15.1. The number of thioether (sulfide) groups is 1. The Labute approximate surface area is 398 Å². The molecule has 16 nitrogen and oxygen atoms in total. The van der Waals surface area contributed by atoms with E-state index in [4.69, 9.17) is 31.1 Å². The quantitative estimate of drug-likeness (QED) is 0.0596. The lowest BCUT2D eigenvalue weighted by Gasteiger charge is -2.14. The molecule has 0 saturated carbocycles. The summed E-state index contributed by atoms with van der Waals surface area (Å²) in [5.74, 6) is 3.81. The number of halogens is 1. The highest BCUT2D eigenvalue weighted by atomic mass is 35.5. The second kappa shape index (κ2) is 21.2. The third-order valence-corrected chi connectivity index (χ3v) is 12.8. The van der Waals surface area contributed by atoms with Crippen molar-refractivity contribution >= 4 is 52.5 Å². The maximum atomic E-state index is 13.4. The fourth-order valence-electron chi connectivity index (χ4n) is 8.23. The largest absolute Gasteiger partial charge is 0.497 e. The molecule has 0 saturated heterocycles. The van der Waals surface area contributed by atoms with Crippen LogP contribution in [0.2, 0.25) is 5.02 Å². The monoisotopic (exact) mass is 941 g/mol. The van der Waals surface area contributed by atoms with Gasteiger partial charge in [-0.2, -0.15) is 0 Å². The molecule has 67 heavy (non-hydrogen) atoms. The van der Waals surface area contributed by atoms with Crippen LogP contribution in [0.4, 0.5) is 0 Å². The Hall–Kier alpha value is -6.85. The van der Waals surface area contributed by atoms with Gasteiger partial charge < -0.3 is 25.4 Å². The molecule has 4 aromatic carbocycles. The lowest BCUT2D eigenvalue weighted by atomic mass is 10.00. The number of rotatable bonds is 18. The van der Waals surface area contributed by atoms with Gasteiger partial charge in [0, 0.05) is 51.8 Å². The van der Waals surface area contributed by atoms with Crippen molar-refractivity contribution in [2.75, 3.05) is 39.6 Å². The molecule has 8 rings (SSSR count). The van der Waals surface area contributed by atoms with Gasteiger partial charge in [0.05, 0.1) is 55.6 Å². The summed E-state index contributed by atoms with van der Waals surface area (Å²) in [6.07, 6.45) is 2.54. The van der Waals surface area contributed by atoms with Crippen LogP contribution in [0.5, 0.6) is 11.5 Å². The van der Waals surface area contributed by atoms with Crippen molar-refractivity contribution in [3.8, 4) is 22.9 Å². The van der Waals surface area contributed by atoms with E-state index in [-0.39, 0.29) is 36.3 Å². The molecule has 2 aliphatic rings. The van der Waals surface area contributed by atoms with Crippen molar-refractivity contribution in [2.24, 2.45) is 9.98 Å². The highest BCUT2D eigenvalue weighted by Gasteiger charge is 2.32. The number of unbranched alkanes of at least 4 members (excludes halogenated alkanes) is 2. The Morgan fingerprint density at radius 2 is 1.10 bits per heavy atom. The van der Waals surface area contributed by atoms with Gasteiger partial charge in [-0.3, -0.25) is 33.5 Å². The van der Waals surface area contributed by atoms with E-state index in [1.165, 1.54) is 11.8 Å². The number of carbonyl (C=O) groups excluding carboxylic acids is 3. The minimum atomic E-state index is -0.595. The summed E-state index contributed by atoms with van der Waals surface area (Å²) in [7, 11) is 3.24. The minimum Gasteiger partial charge on any atom is -0.497 e. The predicted octanol–water partition coefficient (Wildman–Crippen LogP) is 7.03. The Kier molecular flexibility index (Phi) is 14.8. The number of nitrogens with one attached hydrogen (secondary N) is 3. The zero-order valence-electron chi connectivity index (χ0n) is 38.0. The smallest absolute Gasteiger partial charge is 0.230 e. The van der Waals surface area contributed by atoms with Gasteiger partial charge in [-0.1, -0.05) is 35.9 Å². The molecule has 2 aromatic heterocycles. The number of aliphatic imine (C=N–C) groups is 2. The maximum absolute atomic E-state index is 13.4. The van der Waals surface area contributed by atoms with Crippen LogP contribution in [0.15, 0.2) is 99.8 Å². The topological polar surface area (TPSA) is 192 Å². The first kappa shape index (κ1) is 46.7. The molecule has 3 amide bonds. The highest BCUT2D eigenvalue weighted by Crippen LogP contribution is 2.36. The van der Waals surface area contributed by atoms with Crippen LogP contribution in [0, 0.1) is 13.8 Å². The lowest BCUT2D eigenvalue weighted by Crippen LogP contribution is -2.27. The Balaban J connectivity index is 0.824. The number of carbonyl (C=O) groups is 3. The van der Waals surface area contributed by atoms with E-state index in [9.17, 15) is 14.4 Å². The average molecular weight is 943 g/mol. The van der Waals surface area contributed by atoms with E-state index in [0.29, 0.717) is 70.9 Å². The fraction of sp³-hybridized carbons (Fsp3) is 0.327. The Morgan fingerprint density at radius 1 is 0.627 bits per heavy atom. The molecule has 2 atom stereocenters. The molecule has 6 aromatic rings. The van der Waals surface area contributed by atoms with Crippen LogP contribution in [0.25, 0.3) is 11.4 Å². The second-order valence-corrected chi connectivity index (χ2v) is 17.6. The lowest BCUT2D eigenvalue weighted by molar-refractivity contribution is -0.122. The molecule has 0 bridgehead atoms. The minimum absolute atomic E-state index is 0.0613. The number of amides is 3. The molecule has 3 N–H and O–H groups in total. The van der Waals surface area contributed by atoms with Crippen LogP contribution >= 0.6 is 23.4 Å². The summed E-state index contributed by atoms with van der Waals surface area (Å²) in [5, 5.41) is 27.2. The number of aromatic nitrogens is 6. The first-order valence-corrected chi connectivity index (χ1v) is 23.6. The van der Waals surface area contributed by atoms with Crippen LogP contribution in [-0.2, 0) is 14.4 Å². The number of ether oxygens (including phenoxy) is 2. The normalized spacial score (nSPS) is 14.8. The molecule has 4 heterocycles. The summed E-state index contributed by atoms with van der Waals surface area (Å²) in [4.78, 5) is 50.3. The van der Waals surface area contributed by atoms with Gasteiger partial charge in [0.15, 0.2) is 11.6 Å². The predicted molar refractivity (Wildman–Crippen MR) is 258 cm³/mol. The molecule has 0 radical (unpaired) electrons. The van der Waals surface area contributed by atoms with Gasteiger partial charge in [-0.25, -0.2) is 0 Å². The number of aryl methyl sites for hydroxylation is 2. The summed E-state index contributed by atoms with van der Waals surface area (Å²) in [5.41, 5.74) is 6.45. The second-order valence-electron chi connectivity index (χ2n) is 16.1. The van der Waals surface area contributed by atoms with Gasteiger partial charge in [0.1, 0.15) is 35.2 Å². The van der Waals surface area contributed by atoms with Crippen molar-refractivity contribution < 1.29 is 23.9 Å². The first-order valence-electron chi connectivity index (χ1n) is 22.2. The Bertz CT molecular complexity index is 2840. The van der Waals surface area contributed by atoms with Crippen LogP contribution < -0.4 is 25.4 Å². The van der Waals surface area contributed by atoms with Crippen LogP contribution in [-0.4, -0.2) is 98.3 Å². The van der Waals surface area contributed by atoms with E-state index < -0.39 is 12.1 Å². The van der Waals surface area contributed by atoms with Crippen molar-refractivity contribution in [3.63, 3.8) is 0 Å². The van der Waals surface area contributed by atoms with Crippen molar-refractivity contribution in [1.82, 2.24) is 45.5 Å². The number of nitrogens with zero attached hydrogens (tertiary/aromatic N) is 8. The molecular formula is C49H52ClN11O5S. The molecule has 346 valence electrons. The number of methoxy groups -OCH3 is 2. The van der Waals surface area contributed by atoms with E-state index in [2.05, 4.69) is 36.3 Å². The number of hydrogen-bond acceptors (Lipinski definition) is 12. The van der Waals surface area contributed by atoms with Gasteiger partial charge in [-0.05, 0) is 101 Å². The van der Waals surface area contributed by atoms with Crippen molar-refractivity contribution in [2.45, 2.75) is 69.9 Å². The van der Waals surface area contributed by atoms with E-state index in [1.54, 1.807) is 14.2 Å². The zero-order valence-corrected chi connectivity index (χ0v) is 39.6. The fourth-order valence-corrected chi connectivity index (χ4v) is 9.08. The summed E-state index contributed by atoms with van der Waals surface area (Å²) >= 11 is 7.69. The van der Waals surface area contributed by atoms with Gasteiger partial charge >= 0.3 is 0 Å². The molecule has 0 spiro atoms. The number of fused-ring (bicyclic) bond motifs is 6.